The summed E-state index contributed by atoms with van der Waals surface area (Å²) < 4.78 is 11.0. The Balaban J connectivity index is 2.11. The van der Waals surface area contributed by atoms with E-state index in [0.717, 1.165) is 13.1 Å². The van der Waals surface area contributed by atoms with Crippen molar-refractivity contribution in [3.05, 3.63) is 58.7 Å². The minimum absolute atomic E-state index is 0.0678. The van der Waals surface area contributed by atoms with E-state index in [0.29, 0.717) is 48.1 Å². The highest BCUT2D eigenvalue weighted by Crippen LogP contribution is 2.41. The molecule has 1 amide bonds. The van der Waals surface area contributed by atoms with Crippen molar-refractivity contribution in [2.24, 2.45) is 5.92 Å². The second-order valence-electron chi connectivity index (χ2n) is 9.79. The lowest BCUT2D eigenvalue weighted by Gasteiger charge is -2.29. The molecule has 2 aromatic carbocycles. The number of methoxy groups -OCH3 is 1. The van der Waals surface area contributed by atoms with E-state index in [1.54, 1.807) is 37.3 Å². The zero-order chi connectivity index (χ0) is 27.3. The summed E-state index contributed by atoms with van der Waals surface area (Å²) in [4.78, 5) is 29.3. The van der Waals surface area contributed by atoms with Crippen LogP contribution in [0.2, 0.25) is 0 Å². The largest absolute Gasteiger partial charge is 0.872 e. The second kappa shape index (κ2) is 12.1. The number of hydrogen-bond acceptors (Lipinski definition) is 6. The molecule has 2 N–H and O–H groups in total. The molecule has 1 aliphatic rings. The molecular formula is C29H38N2O6. The molecule has 1 fully saturated rings. The lowest BCUT2D eigenvalue weighted by molar-refractivity contribution is -0.895. The summed E-state index contributed by atoms with van der Waals surface area (Å²) in [6, 6.07) is 8.90. The van der Waals surface area contributed by atoms with Crippen LogP contribution in [-0.2, 0) is 9.59 Å². The van der Waals surface area contributed by atoms with Crippen molar-refractivity contribution in [1.82, 2.24) is 4.90 Å². The number of phenolic OH excluding ortho intramolecular Hbond substituents is 1. The topological polar surface area (TPSA) is 104 Å². The maximum Gasteiger partial charge on any atom is 0.295 e. The molecule has 0 aliphatic carbocycles. The van der Waals surface area contributed by atoms with E-state index in [4.69, 9.17) is 9.47 Å². The van der Waals surface area contributed by atoms with Crippen LogP contribution in [0.1, 0.15) is 50.4 Å². The summed E-state index contributed by atoms with van der Waals surface area (Å²) in [7, 11) is 1.42. The molecule has 8 heteroatoms. The smallest absolute Gasteiger partial charge is 0.295 e. The number of quaternary nitrogens is 1. The van der Waals surface area contributed by atoms with Crippen LogP contribution in [-0.4, -0.2) is 61.6 Å². The molecule has 2 aromatic rings. The molecule has 0 aromatic heterocycles. The monoisotopic (exact) mass is 510 g/mol. The van der Waals surface area contributed by atoms with Crippen molar-refractivity contribution in [3.63, 3.8) is 0 Å². The van der Waals surface area contributed by atoms with Crippen molar-refractivity contribution in [2.45, 2.75) is 40.7 Å². The number of nitrogens with one attached hydrogen (secondary N) is 1. The molecule has 37 heavy (non-hydrogen) atoms. The molecule has 0 saturated carbocycles. The van der Waals surface area contributed by atoms with E-state index in [2.05, 4.69) is 27.7 Å². The molecule has 0 bridgehead atoms. The van der Waals surface area contributed by atoms with Gasteiger partial charge >= 0.3 is 0 Å². The van der Waals surface area contributed by atoms with Gasteiger partial charge in [-0.05, 0) is 67.6 Å². The number of carbonyl (C=O) groups is 2. The van der Waals surface area contributed by atoms with Gasteiger partial charge in [0.2, 0.25) is 5.78 Å². The van der Waals surface area contributed by atoms with Crippen molar-refractivity contribution in [1.29, 1.82) is 0 Å². The number of ether oxygens (including phenoxy) is 2. The quantitative estimate of drug-likeness (QED) is 0.272. The van der Waals surface area contributed by atoms with Gasteiger partial charge in [0.05, 0.1) is 45.9 Å². The van der Waals surface area contributed by atoms with Crippen LogP contribution in [0.25, 0.3) is 5.76 Å². The molecule has 1 heterocycles. The van der Waals surface area contributed by atoms with Gasteiger partial charge in [-0.25, -0.2) is 0 Å². The maximum atomic E-state index is 13.8. The Labute approximate surface area is 219 Å². The lowest BCUT2D eigenvalue weighted by atomic mass is 9.93. The summed E-state index contributed by atoms with van der Waals surface area (Å²) in [6.07, 6.45) is 0. The number of carbonyl (C=O) groups excluding carboxylic acids is 2. The highest BCUT2D eigenvalue weighted by atomic mass is 16.5. The number of aromatic hydroxyl groups is 1. The Morgan fingerprint density at radius 2 is 1.84 bits per heavy atom. The van der Waals surface area contributed by atoms with Crippen LogP contribution in [0.5, 0.6) is 17.2 Å². The van der Waals surface area contributed by atoms with Gasteiger partial charge in [0.15, 0.2) is 11.5 Å². The number of benzene rings is 2. The van der Waals surface area contributed by atoms with Crippen LogP contribution < -0.4 is 19.5 Å². The van der Waals surface area contributed by atoms with Crippen LogP contribution in [0.3, 0.4) is 0 Å². The Hall–Kier alpha value is -3.52. The fourth-order valence-corrected chi connectivity index (χ4v) is 4.58. The van der Waals surface area contributed by atoms with Gasteiger partial charge < -0.3 is 29.5 Å². The van der Waals surface area contributed by atoms with Crippen LogP contribution >= 0.6 is 0 Å². The fourth-order valence-electron chi connectivity index (χ4n) is 4.58. The zero-order valence-corrected chi connectivity index (χ0v) is 22.6. The van der Waals surface area contributed by atoms with Crippen molar-refractivity contribution < 1.29 is 34.2 Å². The molecule has 1 saturated heterocycles. The number of likely N-dealkylation sites (N-methyl/N-ethyl adjacent to an activating group) is 1. The van der Waals surface area contributed by atoms with Gasteiger partial charge in [-0.3, -0.25) is 9.59 Å². The van der Waals surface area contributed by atoms with E-state index in [9.17, 15) is 19.8 Å². The number of ketones is 1. The van der Waals surface area contributed by atoms with Gasteiger partial charge in [-0.1, -0.05) is 31.7 Å². The van der Waals surface area contributed by atoms with Crippen molar-refractivity contribution in [2.75, 3.05) is 39.9 Å². The Bertz CT molecular complexity index is 1170. The van der Waals surface area contributed by atoms with E-state index < -0.39 is 23.5 Å². The first-order chi connectivity index (χ1) is 17.6. The number of aryl methyl sites for hydroxylation is 1. The second-order valence-corrected chi connectivity index (χ2v) is 9.79. The van der Waals surface area contributed by atoms with E-state index in [1.807, 2.05) is 0 Å². The summed E-state index contributed by atoms with van der Waals surface area (Å²) in [5, 5.41) is 24.0. The maximum absolute atomic E-state index is 13.8. The molecule has 0 spiro atoms. The van der Waals surface area contributed by atoms with E-state index in [1.165, 1.54) is 23.0 Å². The van der Waals surface area contributed by atoms with Gasteiger partial charge in [0.25, 0.3) is 5.91 Å². The van der Waals surface area contributed by atoms with Gasteiger partial charge in [0.1, 0.15) is 5.75 Å². The average Bonchev–Trinajstić information content (AvgIpc) is 3.13. The average molecular weight is 511 g/mol. The zero-order valence-electron chi connectivity index (χ0n) is 22.6. The number of nitrogens with zero attached hydrogens (tertiary/aromatic N) is 1. The number of rotatable bonds is 11. The normalized spacial score (nSPS) is 17.2. The number of likely N-dealkylation sites (tertiary alicyclic amines) is 1. The van der Waals surface area contributed by atoms with E-state index >= 15 is 0 Å². The number of amides is 1. The molecule has 3 rings (SSSR count). The molecule has 200 valence electrons. The van der Waals surface area contributed by atoms with E-state index in [-0.39, 0.29) is 17.1 Å². The van der Waals surface area contributed by atoms with Gasteiger partial charge in [-0.15, -0.1) is 0 Å². The standard InChI is InChI=1S/C29H38N2O6/c1-7-30(8-2)13-14-31-26(20-9-12-23(32)24(16-20)36-6)25(28(34)29(31)35)27(33)22-11-10-21(15-19(22)5)37-17-18(3)4/h9-12,15-16,18,26,32-33H,7-8,13-14,17H2,1-6H3/b27-25+. The Kier molecular flexibility index (Phi) is 9.21. The van der Waals surface area contributed by atoms with Crippen LogP contribution in [0.15, 0.2) is 42.0 Å². The highest BCUT2D eigenvalue weighted by molar-refractivity contribution is 6.46. The molecule has 1 unspecified atom stereocenters. The summed E-state index contributed by atoms with van der Waals surface area (Å²) in [6.45, 7) is 13.3. The first-order valence-electron chi connectivity index (χ1n) is 12.8. The van der Waals surface area contributed by atoms with Crippen molar-refractivity contribution in [3.8, 4) is 17.2 Å². The number of Topliss-reactive ketones (excluding diaryl/α,β-unsaturated/α-hetero) is 1. The van der Waals surface area contributed by atoms with Crippen molar-refractivity contribution >= 4 is 17.4 Å². The Morgan fingerprint density at radius 1 is 1.14 bits per heavy atom. The predicted octanol–water partition coefficient (Wildman–Crippen LogP) is 1.89. The lowest BCUT2D eigenvalue weighted by Crippen LogP contribution is -3.12. The third-order valence-corrected chi connectivity index (χ3v) is 6.78. The number of phenols is 1. The minimum atomic E-state index is -0.881. The third kappa shape index (κ3) is 6.07. The number of hydrogen-bond donors (Lipinski definition) is 2. The molecule has 8 nitrogen and oxygen atoms in total. The summed E-state index contributed by atoms with van der Waals surface area (Å²) in [5.74, 6) is -0.842. The van der Waals surface area contributed by atoms with Gasteiger partial charge in [-0.2, -0.15) is 0 Å². The molecular weight excluding hydrogens is 472 g/mol. The molecule has 1 atom stereocenters. The fraction of sp³-hybridized carbons (Fsp3) is 0.448. The first-order valence-corrected chi connectivity index (χ1v) is 12.8. The van der Waals surface area contributed by atoms with Crippen LogP contribution in [0, 0.1) is 12.8 Å². The van der Waals surface area contributed by atoms with Crippen LogP contribution in [0.4, 0.5) is 0 Å². The highest BCUT2D eigenvalue weighted by Gasteiger charge is 2.44. The summed E-state index contributed by atoms with van der Waals surface area (Å²) in [5.41, 5.74) is 1.44. The first kappa shape index (κ1) is 28.1. The predicted molar refractivity (Wildman–Crippen MR) is 139 cm³/mol. The minimum Gasteiger partial charge on any atom is -0.872 e. The SMILES string of the molecule is CC[NH+](CC)CCN1C(=O)C(=O)/C(=C(/[O-])c2ccc(OCC(C)C)cc2C)C1c1ccc(O)c(OC)c1. The third-order valence-electron chi connectivity index (χ3n) is 6.78. The molecule has 1 aliphatic heterocycles. The van der Waals surface area contributed by atoms with Gasteiger partial charge in [0, 0.05) is 5.57 Å². The molecule has 0 radical (unpaired) electrons. The Morgan fingerprint density at radius 3 is 2.43 bits per heavy atom. The summed E-state index contributed by atoms with van der Waals surface area (Å²) >= 11 is 0.